The van der Waals surface area contributed by atoms with E-state index in [0.29, 0.717) is 0 Å². The number of benzene rings is 1. The van der Waals surface area contributed by atoms with Gasteiger partial charge in [-0.15, -0.1) is 0 Å². The van der Waals surface area contributed by atoms with E-state index in [4.69, 9.17) is 9.47 Å². The number of esters is 1. The first-order chi connectivity index (χ1) is 11.7. The number of carbonyl (C=O) groups excluding carboxylic acids is 2. The number of aromatic hydroxyl groups is 1. The van der Waals surface area contributed by atoms with E-state index in [0.717, 1.165) is 16.5 Å². The molecule has 136 valence electrons. The molecule has 0 saturated carbocycles. The standard InChI is InChI=1S/C18H24N2O5/c1-5-24-16(22)15(20-17(23)25-18(2,3)4)8-11-10-19-14-7-6-12(21)9-13(11)14/h6-7,9-10,15,19,21H,5,8H2,1-4H3,(H,20,23)/t15-/m0/s1. The zero-order valence-corrected chi connectivity index (χ0v) is 14.9. The van der Waals surface area contributed by atoms with Crippen LogP contribution in [-0.2, 0) is 20.7 Å². The molecule has 0 aliphatic rings. The highest BCUT2D eigenvalue weighted by Crippen LogP contribution is 2.24. The zero-order chi connectivity index (χ0) is 18.6. The van der Waals surface area contributed by atoms with Gasteiger partial charge in [-0.25, -0.2) is 9.59 Å². The zero-order valence-electron chi connectivity index (χ0n) is 14.9. The summed E-state index contributed by atoms with van der Waals surface area (Å²) >= 11 is 0. The van der Waals surface area contributed by atoms with Crippen molar-refractivity contribution in [2.75, 3.05) is 6.61 Å². The number of hydrogen-bond acceptors (Lipinski definition) is 5. The van der Waals surface area contributed by atoms with Crippen LogP contribution < -0.4 is 5.32 Å². The van der Waals surface area contributed by atoms with Crippen LogP contribution in [0.15, 0.2) is 24.4 Å². The van der Waals surface area contributed by atoms with E-state index in [9.17, 15) is 14.7 Å². The molecular formula is C18H24N2O5. The first-order valence-electron chi connectivity index (χ1n) is 8.14. The highest BCUT2D eigenvalue weighted by Gasteiger charge is 2.26. The summed E-state index contributed by atoms with van der Waals surface area (Å²) in [5.74, 6) is -0.413. The van der Waals surface area contributed by atoms with Crippen molar-refractivity contribution < 1.29 is 24.2 Å². The van der Waals surface area contributed by atoms with Crippen molar-refractivity contribution in [1.29, 1.82) is 0 Å². The minimum Gasteiger partial charge on any atom is -0.508 e. The van der Waals surface area contributed by atoms with Crippen LogP contribution in [0.1, 0.15) is 33.3 Å². The maximum Gasteiger partial charge on any atom is 0.408 e. The van der Waals surface area contributed by atoms with Crippen LogP contribution in [0.2, 0.25) is 0 Å². The lowest BCUT2D eigenvalue weighted by molar-refractivity contribution is -0.145. The van der Waals surface area contributed by atoms with E-state index in [1.807, 2.05) is 0 Å². The molecule has 7 nitrogen and oxygen atoms in total. The second-order valence-electron chi connectivity index (χ2n) is 6.70. The normalized spacial score (nSPS) is 12.6. The van der Waals surface area contributed by atoms with Crippen molar-refractivity contribution >= 4 is 23.0 Å². The molecule has 0 fully saturated rings. The molecule has 3 N–H and O–H groups in total. The van der Waals surface area contributed by atoms with E-state index in [2.05, 4.69) is 10.3 Å². The summed E-state index contributed by atoms with van der Waals surface area (Å²) in [7, 11) is 0. The first-order valence-corrected chi connectivity index (χ1v) is 8.14. The topological polar surface area (TPSA) is 101 Å². The summed E-state index contributed by atoms with van der Waals surface area (Å²) < 4.78 is 10.3. The molecule has 0 saturated heterocycles. The Kier molecular flexibility index (Phi) is 5.56. The van der Waals surface area contributed by atoms with Gasteiger partial charge in [-0.1, -0.05) is 0 Å². The Labute approximate surface area is 146 Å². The summed E-state index contributed by atoms with van der Waals surface area (Å²) in [6, 6.07) is 4.03. The smallest absolute Gasteiger partial charge is 0.408 e. The van der Waals surface area contributed by atoms with Gasteiger partial charge in [0.05, 0.1) is 6.61 Å². The molecule has 1 heterocycles. The SMILES string of the molecule is CCOC(=O)[C@H](Cc1c[nH]c2ccc(O)cc12)NC(=O)OC(C)(C)C. The summed E-state index contributed by atoms with van der Waals surface area (Å²) in [5, 5.41) is 13.0. The van der Waals surface area contributed by atoms with Crippen molar-refractivity contribution in [1.82, 2.24) is 10.3 Å². The molecule has 2 aromatic rings. The lowest BCUT2D eigenvalue weighted by Crippen LogP contribution is -2.45. The molecule has 1 aromatic heterocycles. The number of fused-ring (bicyclic) bond motifs is 1. The number of aromatic amines is 1. The number of ether oxygens (including phenoxy) is 2. The molecule has 7 heteroatoms. The van der Waals surface area contributed by atoms with Crippen LogP contribution in [-0.4, -0.2) is 40.4 Å². The largest absolute Gasteiger partial charge is 0.508 e. The molecule has 1 amide bonds. The number of hydrogen-bond donors (Lipinski definition) is 3. The molecule has 0 bridgehead atoms. The molecule has 2 rings (SSSR count). The Bertz CT molecular complexity index is 760. The summed E-state index contributed by atoms with van der Waals surface area (Å²) in [4.78, 5) is 27.3. The van der Waals surface area contributed by atoms with Crippen LogP contribution >= 0.6 is 0 Å². The average molecular weight is 348 g/mol. The monoisotopic (exact) mass is 348 g/mol. The van der Waals surface area contributed by atoms with Gasteiger partial charge in [0.1, 0.15) is 17.4 Å². The van der Waals surface area contributed by atoms with Gasteiger partial charge >= 0.3 is 12.1 Å². The number of H-pyrrole nitrogens is 1. The predicted octanol–water partition coefficient (Wildman–Crippen LogP) is 2.87. The third-order valence-corrected chi connectivity index (χ3v) is 3.44. The van der Waals surface area contributed by atoms with Crippen molar-refractivity contribution in [3.8, 4) is 5.75 Å². The van der Waals surface area contributed by atoms with Crippen LogP contribution in [0.5, 0.6) is 5.75 Å². The van der Waals surface area contributed by atoms with E-state index < -0.39 is 23.7 Å². The average Bonchev–Trinajstić information content (AvgIpc) is 2.87. The van der Waals surface area contributed by atoms with Gasteiger partial charge in [-0.05, 0) is 51.5 Å². The lowest BCUT2D eigenvalue weighted by atomic mass is 10.0. The van der Waals surface area contributed by atoms with Crippen LogP contribution in [0, 0.1) is 0 Å². The van der Waals surface area contributed by atoms with Crippen molar-refractivity contribution in [2.45, 2.75) is 45.8 Å². The van der Waals surface area contributed by atoms with Gasteiger partial charge in [-0.3, -0.25) is 0 Å². The van der Waals surface area contributed by atoms with E-state index >= 15 is 0 Å². The Balaban J connectivity index is 2.21. The number of rotatable bonds is 5. The lowest BCUT2D eigenvalue weighted by Gasteiger charge is -2.22. The number of nitrogens with one attached hydrogen (secondary N) is 2. The van der Waals surface area contributed by atoms with Gasteiger partial charge < -0.3 is 24.9 Å². The minimum absolute atomic E-state index is 0.126. The molecule has 1 aromatic carbocycles. The van der Waals surface area contributed by atoms with Gasteiger partial charge in [0.15, 0.2) is 0 Å². The maximum atomic E-state index is 12.2. The fourth-order valence-corrected chi connectivity index (χ4v) is 2.44. The van der Waals surface area contributed by atoms with Crippen molar-refractivity contribution in [2.24, 2.45) is 0 Å². The van der Waals surface area contributed by atoms with Gasteiger partial charge in [0.2, 0.25) is 0 Å². The van der Waals surface area contributed by atoms with Gasteiger partial charge in [-0.2, -0.15) is 0 Å². The number of phenols is 1. The Morgan fingerprint density at radius 1 is 1.32 bits per heavy atom. The molecular weight excluding hydrogens is 324 g/mol. The number of alkyl carbamates (subject to hydrolysis) is 1. The molecule has 0 aliphatic heterocycles. The van der Waals surface area contributed by atoms with Crippen LogP contribution in [0.4, 0.5) is 4.79 Å². The fraction of sp³-hybridized carbons (Fsp3) is 0.444. The molecule has 0 radical (unpaired) electrons. The Hall–Kier alpha value is -2.70. The Morgan fingerprint density at radius 3 is 2.68 bits per heavy atom. The number of carbonyl (C=O) groups is 2. The number of aromatic nitrogens is 1. The van der Waals surface area contributed by atoms with E-state index in [-0.39, 0.29) is 18.8 Å². The first kappa shape index (κ1) is 18.6. The highest BCUT2D eigenvalue weighted by atomic mass is 16.6. The van der Waals surface area contributed by atoms with Crippen LogP contribution in [0.3, 0.4) is 0 Å². The van der Waals surface area contributed by atoms with Gasteiger partial charge in [0, 0.05) is 23.5 Å². The van der Waals surface area contributed by atoms with Gasteiger partial charge in [0.25, 0.3) is 0 Å². The quantitative estimate of drug-likeness (QED) is 0.721. The third kappa shape index (κ3) is 5.14. The van der Waals surface area contributed by atoms with Crippen molar-refractivity contribution in [3.05, 3.63) is 30.0 Å². The second-order valence-corrected chi connectivity index (χ2v) is 6.70. The van der Waals surface area contributed by atoms with E-state index in [1.54, 1.807) is 52.1 Å². The fourth-order valence-electron chi connectivity index (χ4n) is 2.44. The summed E-state index contributed by atoms with van der Waals surface area (Å²) in [6.45, 7) is 7.14. The molecule has 0 spiro atoms. The van der Waals surface area contributed by atoms with Crippen LogP contribution in [0.25, 0.3) is 10.9 Å². The second kappa shape index (κ2) is 7.46. The van der Waals surface area contributed by atoms with E-state index in [1.165, 1.54) is 0 Å². The third-order valence-electron chi connectivity index (χ3n) is 3.44. The highest BCUT2D eigenvalue weighted by molar-refractivity contribution is 5.87. The predicted molar refractivity (Wildman–Crippen MR) is 93.5 cm³/mol. The maximum absolute atomic E-state index is 12.2. The summed E-state index contributed by atoms with van der Waals surface area (Å²) in [5.41, 5.74) is 0.934. The summed E-state index contributed by atoms with van der Waals surface area (Å²) in [6.07, 6.45) is 1.27. The molecule has 0 unspecified atom stereocenters. The Morgan fingerprint density at radius 2 is 2.04 bits per heavy atom. The minimum atomic E-state index is -0.892. The molecule has 1 atom stereocenters. The van der Waals surface area contributed by atoms with Crippen molar-refractivity contribution in [3.63, 3.8) is 0 Å². The molecule has 0 aliphatic carbocycles. The number of amides is 1. The molecule has 25 heavy (non-hydrogen) atoms. The number of phenolic OH excluding ortho intramolecular Hbond substituents is 1.